The Morgan fingerprint density at radius 3 is 2.44 bits per heavy atom. The van der Waals surface area contributed by atoms with Gasteiger partial charge in [0.25, 0.3) is 0 Å². The van der Waals surface area contributed by atoms with Crippen molar-refractivity contribution in [1.82, 2.24) is 0 Å². The highest BCUT2D eigenvalue weighted by Crippen LogP contribution is 2.29. The topological polar surface area (TPSA) is 57.1 Å². The third kappa shape index (κ3) is 3.27. The number of hydrogen-bond donors (Lipinski definition) is 0. The lowest BCUT2D eigenvalue weighted by atomic mass is 10.1. The molecule has 5 nitrogen and oxygen atoms in total. The number of hydrogen-bond acceptors (Lipinski definition) is 5. The monoisotopic (exact) mass is 359 g/mol. The lowest BCUT2D eigenvalue weighted by Gasteiger charge is -2.07. The van der Waals surface area contributed by atoms with Crippen LogP contribution in [0.1, 0.15) is 11.1 Å². The molecule has 134 valence electrons. The minimum absolute atomic E-state index is 0.241. The van der Waals surface area contributed by atoms with Crippen LogP contribution in [-0.2, 0) is 9.53 Å². The van der Waals surface area contributed by atoms with Crippen LogP contribution in [0.25, 0.3) is 16.8 Å². The molecule has 1 aliphatic rings. The molecule has 3 aromatic carbocycles. The van der Waals surface area contributed by atoms with E-state index in [0.29, 0.717) is 17.4 Å². The van der Waals surface area contributed by atoms with E-state index < -0.39 is 5.97 Å². The minimum atomic E-state index is -0.479. The van der Waals surface area contributed by atoms with Crippen LogP contribution in [0.15, 0.2) is 71.4 Å². The maximum Gasteiger partial charge on any atom is 0.363 e. The molecule has 3 aromatic rings. The number of fused-ring (bicyclic) bond motifs is 1. The Labute approximate surface area is 156 Å². The van der Waals surface area contributed by atoms with Gasteiger partial charge in [-0.25, -0.2) is 9.79 Å². The maximum atomic E-state index is 12.2. The maximum absolute atomic E-state index is 12.2. The number of carbonyl (C=O) groups is 1. The van der Waals surface area contributed by atoms with Gasteiger partial charge < -0.3 is 14.2 Å². The molecular formula is C22H17NO4. The smallest absolute Gasteiger partial charge is 0.363 e. The number of rotatable bonds is 4. The fraction of sp³-hybridized carbons (Fsp3) is 0.0909. The number of aliphatic imine (C=N–C) groups is 1. The standard InChI is InChI=1S/C22H17NO4/c1-25-19-10-7-14(12-20(19)26-2)11-18-22(24)27-21(23-18)17-9-8-15-5-3-4-6-16(15)13-17/h3-13H,1-2H3. The van der Waals surface area contributed by atoms with Crippen LogP contribution in [0, 0.1) is 0 Å². The van der Waals surface area contributed by atoms with Crippen LogP contribution in [-0.4, -0.2) is 26.1 Å². The van der Waals surface area contributed by atoms with Crippen molar-refractivity contribution in [1.29, 1.82) is 0 Å². The molecule has 0 aromatic heterocycles. The van der Waals surface area contributed by atoms with E-state index in [1.54, 1.807) is 32.4 Å². The molecule has 0 unspecified atom stereocenters. The second-order valence-corrected chi connectivity index (χ2v) is 6.01. The molecule has 0 aliphatic carbocycles. The summed E-state index contributed by atoms with van der Waals surface area (Å²) in [5.41, 5.74) is 1.77. The zero-order valence-corrected chi connectivity index (χ0v) is 14.9. The second kappa shape index (κ2) is 6.96. The largest absolute Gasteiger partial charge is 0.493 e. The number of carbonyl (C=O) groups excluding carboxylic acids is 1. The summed E-state index contributed by atoms with van der Waals surface area (Å²) in [5.74, 6) is 1.02. The van der Waals surface area contributed by atoms with Crippen molar-refractivity contribution in [2.45, 2.75) is 0 Å². The van der Waals surface area contributed by atoms with Gasteiger partial charge >= 0.3 is 5.97 Å². The van der Waals surface area contributed by atoms with Crippen LogP contribution in [0.4, 0.5) is 0 Å². The van der Waals surface area contributed by atoms with Crippen LogP contribution in [0.3, 0.4) is 0 Å². The lowest BCUT2D eigenvalue weighted by Crippen LogP contribution is -2.05. The average Bonchev–Trinajstić information content (AvgIpc) is 3.07. The number of ether oxygens (including phenoxy) is 3. The number of nitrogens with zero attached hydrogens (tertiary/aromatic N) is 1. The molecule has 0 N–H and O–H groups in total. The van der Waals surface area contributed by atoms with E-state index in [1.807, 2.05) is 48.5 Å². The Balaban J connectivity index is 1.68. The summed E-state index contributed by atoms with van der Waals surface area (Å²) in [5, 5.41) is 2.18. The highest BCUT2D eigenvalue weighted by Gasteiger charge is 2.24. The molecule has 0 bridgehead atoms. The zero-order valence-electron chi connectivity index (χ0n) is 14.9. The first-order chi connectivity index (χ1) is 13.2. The molecule has 1 aliphatic heterocycles. The van der Waals surface area contributed by atoms with Gasteiger partial charge in [-0.3, -0.25) is 0 Å². The molecule has 0 fully saturated rings. The summed E-state index contributed by atoms with van der Waals surface area (Å²) in [6, 6.07) is 19.2. The minimum Gasteiger partial charge on any atom is -0.493 e. The Kier molecular flexibility index (Phi) is 4.34. The highest BCUT2D eigenvalue weighted by atomic mass is 16.6. The molecule has 0 saturated heterocycles. The van der Waals surface area contributed by atoms with Crippen LogP contribution >= 0.6 is 0 Å². The van der Waals surface area contributed by atoms with Gasteiger partial charge in [-0.05, 0) is 46.7 Å². The van der Waals surface area contributed by atoms with Gasteiger partial charge in [0.2, 0.25) is 5.90 Å². The van der Waals surface area contributed by atoms with E-state index in [-0.39, 0.29) is 5.70 Å². The molecular weight excluding hydrogens is 342 g/mol. The van der Waals surface area contributed by atoms with E-state index in [1.165, 1.54) is 0 Å². The normalized spacial score (nSPS) is 15.0. The van der Waals surface area contributed by atoms with Gasteiger partial charge in [-0.15, -0.1) is 0 Å². The summed E-state index contributed by atoms with van der Waals surface area (Å²) in [7, 11) is 3.14. The fourth-order valence-corrected chi connectivity index (χ4v) is 2.96. The molecule has 0 atom stereocenters. The molecule has 1 heterocycles. The summed E-state index contributed by atoms with van der Waals surface area (Å²) in [4.78, 5) is 16.6. The van der Waals surface area contributed by atoms with Gasteiger partial charge in [0.15, 0.2) is 17.2 Å². The number of esters is 1. The van der Waals surface area contributed by atoms with E-state index in [4.69, 9.17) is 14.2 Å². The predicted octanol–water partition coefficient (Wildman–Crippen LogP) is 4.20. The van der Waals surface area contributed by atoms with Crippen molar-refractivity contribution in [2.24, 2.45) is 4.99 Å². The van der Waals surface area contributed by atoms with Crippen molar-refractivity contribution in [3.8, 4) is 11.5 Å². The van der Waals surface area contributed by atoms with Crippen molar-refractivity contribution >= 4 is 28.7 Å². The van der Waals surface area contributed by atoms with E-state index in [0.717, 1.165) is 21.9 Å². The fourth-order valence-electron chi connectivity index (χ4n) is 2.96. The van der Waals surface area contributed by atoms with E-state index in [9.17, 15) is 4.79 Å². The summed E-state index contributed by atoms with van der Waals surface area (Å²) >= 11 is 0. The highest BCUT2D eigenvalue weighted by molar-refractivity contribution is 6.13. The molecule has 0 radical (unpaired) electrons. The van der Waals surface area contributed by atoms with Crippen molar-refractivity contribution < 1.29 is 19.0 Å². The first kappa shape index (κ1) is 16.8. The molecule has 0 saturated carbocycles. The first-order valence-corrected chi connectivity index (χ1v) is 8.42. The van der Waals surface area contributed by atoms with Crippen LogP contribution in [0.5, 0.6) is 11.5 Å². The Bertz CT molecular complexity index is 1100. The lowest BCUT2D eigenvalue weighted by molar-refractivity contribution is -0.129. The summed E-state index contributed by atoms with van der Waals surface area (Å²) < 4.78 is 15.9. The second-order valence-electron chi connectivity index (χ2n) is 6.01. The van der Waals surface area contributed by atoms with E-state index in [2.05, 4.69) is 4.99 Å². The number of benzene rings is 3. The Morgan fingerprint density at radius 1 is 0.889 bits per heavy atom. The Hall–Kier alpha value is -3.60. The van der Waals surface area contributed by atoms with Gasteiger partial charge in [0.05, 0.1) is 14.2 Å². The number of cyclic esters (lactones) is 1. The van der Waals surface area contributed by atoms with Gasteiger partial charge in [0.1, 0.15) is 0 Å². The van der Waals surface area contributed by atoms with Crippen molar-refractivity contribution in [3.05, 3.63) is 77.5 Å². The van der Waals surface area contributed by atoms with Crippen LogP contribution in [0.2, 0.25) is 0 Å². The molecule has 0 spiro atoms. The number of methoxy groups -OCH3 is 2. The van der Waals surface area contributed by atoms with Gasteiger partial charge in [0, 0.05) is 5.56 Å². The van der Waals surface area contributed by atoms with Crippen LogP contribution < -0.4 is 9.47 Å². The third-order valence-corrected chi connectivity index (χ3v) is 4.33. The van der Waals surface area contributed by atoms with Gasteiger partial charge in [-0.1, -0.05) is 36.4 Å². The summed E-state index contributed by atoms with van der Waals surface area (Å²) in [6.07, 6.45) is 1.67. The average molecular weight is 359 g/mol. The molecule has 27 heavy (non-hydrogen) atoms. The van der Waals surface area contributed by atoms with E-state index >= 15 is 0 Å². The Morgan fingerprint density at radius 2 is 1.67 bits per heavy atom. The molecule has 5 heteroatoms. The summed E-state index contributed by atoms with van der Waals surface area (Å²) in [6.45, 7) is 0. The quantitative estimate of drug-likeness (QED) is 0.517. The molecule has 4 rings (SSSR count). The first-order valence-electron chi connectivity index (χ1n) is 8.42. The van der Waals surface area contributed by atoms with Gasteiger partial charge in [-0.2, -0.15) is 0 Å². The van der Waals surface area contributed by atoms with Crippen molar-refractivity contribution in [3.63, 3.8) is 0 Å². The SMILES string of the molecule is COc1ccc(C=C2N=C(c3ccc4ccccc4c3)OC2=O)cc1OC. The zero-order chi connectivity index (χ0) is 18.8. The molecule has 0 amide bonds. The van der Waals surface area contributed by atoms with Crippen molar-refractivity contribution in [2.75, 3.05) is 14.2 Å². The predicted molar refractivity (Wildman–Crippen MR) is 104 cm³/mol. The third-order valence-electron chi connectivity index (χ3n) is 4.33.